The molecule has 1 aromatic carbocycles. The van der Waals surface area contributed by atoms with Gasteiger partial charge in [-0.25, -0.2) is 0 Å². The zero-order valence-electron chi connectivity index (χ0n) is 16.0. The lowest BCUT2D eigenvalue weighted by Gasteiger charge is -2.21. The summed E-state index contributed by atoms with van der Waals surface area (Å²) in [5.74, 6) is -0.0932. The molecule has 0 spiro atoms. The number of hydrogen-bond acceptors (Lipinski definition) is 4. The largest absolute Gasteiger partial charge is 0.354 e. The molecule has 0 saturated carbocycles. The van der Waals surface area contributed by atoms with Crippen molar-refractivity contribution in [3.8, 4) is 0 Å². The topological polar surface area (TPSA) is 54.3 Å². The zero-order valence-corrected chi connectivity index (χ0v) is 16.8. The molecule has 0 bridgehead atoms. The Labute approximate surface area is 160 Å². The molecule has 1 amide bonds. The van der Waals surface area contributed by atoms with Crippen molar-refractivity contribution in [2.24, 2.45) is 0 Å². The third-order valence-corrected chi connectivity index (χ3v) is 5.46. The summed E-state index contributed by atoms with van der Waals surface area (Å²) >= 11 is 1.19. The van der Waals surface area contributed by atoms with Gasteiger partial charge in [0.2, 0.25) is 5.91 Å². The number of nitrogens with one attached hydrogen (secondary N) is 1. The number of nitrogens with zero attached hydrogens (tertiary/aromatic N) is 2. The molecule has 2 rings (SSSR count). The summed E-state index contributed by atoms with van der Waals surface area (Å²) in [6, 6.07) is 7.60. The highest BCUT2D eigenvalue weighted by atomic mass is 32.1. The number of thiazole rings is 1. The first kappa shape index (κ1) is 20.6. The molecule has 1 aromatic heterocycles. The van der Waals surface area contributed by atoms with Crippen molar-refractivity contribution in [1.29, 1.82) is 0 Å². The molecule has 6 heteroatoms. The highest BCUT2D eigenvalue weighted by molar-refractivity contribution is 7.16. The van der Waals surface area contributed by atoms with E-state index in [0.717, 1.165) is 36.3 Å². The minimum Gasteiger partial charge on any atom is -0.354 e. The van der Waals surface area contributed by atoms with Crippen molar-refractivity contribution >= 4 is 27.5 Å². The maximum Gasteiger partial charge on any atom is 0.308 e. The van der Waals surface area contributed by atoms with E-state index < -0.39 is 0 Å². The number of amides is 1. The highest BCUT2D eigenvalue weighted by Gasteiger charge is 2.11. The second-order valence-corrected chi connectivity index (χ2v) is 7.67. The van der Waals surface area contributed by atoms with Crippen LogP contribution in [-0.2, 0) is 11.3 Å². The van der Waals surface area contributed by atoms with E-state index in [-0.39, 0.29) is 17.3 Å². The molecule has 2 aromatic rings. The molecule has 0 radical (unpaired) electrons. The Morgan fingerprint density at radius 1 is 1.08 bits per heavy atom. The fourth-order valence-electron chi connectivity index (χ4n) is 2.99. The van der Waals surface area contributed by atoms with Crippen molar-refractivity contribution in [2.75, 3.05) is 26.2 Å². The van der Waals surface area contributed by atoms with Gasteiger partial charge in [0.05, 0.1) is 10.2 Å². The summed E-state index contributed by atoms with van der Waals surface area (Å²) in [5.41, 5.74) is 0.836. The van der Waals surface area contributed by atoms with Gasteiger partial charge in [-0.15, -0.1) is 0 Å². The molecule has 0 aliphatic carbocycles. The van der Waals surface area contributed by atoms with Gasteiger partial charge in [0.1, 0.15) is 6.54 Å². The SMILES string of the molecule is CCCCN(CCCC)CCCNC(=O)Cn1c(=O)sc2ccccc21. The predicted molar refractivity (Wildman–Crippen MR) is 110 cm³/mol. The number of fused-ring (bicyclic) bond motifs is 1. The van der Waals surface area contributed by atoms with Crippen molar-refractivity contribution in [3.63, 3.8) is 0 Å². The number of carbonyl (C=O) groups excluding carboxylic acids is 1. The van der Waals surface area contributed by atoms with Crippen LogP contribution < -0.4 is 10.2 Å². The van der Waals surface area contributed by atoms with Gasteiger partial charge in [0.25, 0.3) is 0 Å². The molecular formula is C20H31N3O2S. The van der Waals surface area contributed by atoms with Crippen LogP contribution in [0.3, 0.4) is 0 Å². The van der Waals surface area contributed by atoms with Crippen LogP contribution in [0.5, 0.6) is 0 Å². The first-order valence-electron chi connectivity index (χ1n) is 9.73. The zero-order chi connectivity index (χ0) is 18.8. The van der Waals surface area contributed by atoms with Crippen molar-refractivity contribution in [2.45, 2.75) is 52.5 Å². The van der Waals surface area contributed by atoms with E-state index in [0.29, 0.717) is 6.54 Å². The molecular weight excluding hydrogens is 346 g/mol. The number of hydrogen-bond donors (Lipinski definition) is 1. The quantitative estimate of drug-likeness (QED) is 0.576. The Bertz CT molecular complexity index is 730. The van der Waals surface area contributed by atoms with E-state index in [1.54, 1.807) is 4.57 Å². The van der Waals surface area contributed by atoms with E-state index in [1.807, 2.05) is 24.3 Å². The van der Waals surface area contributed by atoms with Gasteiger partial charge >= 0.3 is 4.87 Å². The molecule has 26 heavy (non-hydrogen) atoms. The lowest BCUT2D eigenvalue weighted by molar-refractivity contribution is -0.121. The van der Waals surface area contributed by atoms with Gasteiger partial charge < -0.3 is 10.2 Å². The number of rotatable bonds is 12. The van der Waals surface area contributed by atoms with Crippen LogP contribution >= 0.6 is 11.3 Å². The van der Waals surface area contributed by atoms with Crippen molar-refractivity contribution < 1.29 is 4.79 Å². The van der Waals surface area contributed by atoms with E-state index in [4.69, 9.17) is 0 Å². The minimum absolute atomic E-state index is 0.0772. The first-order chi connectivity index (χ1) is 12.7. The number of benzene rings is 1. The summed E-state index contributed by atoms with van der Waals surface area (Å²) in [7, 11) is 0. The lowest BCUT2D eigenvalue weighted by atomic mass is 10.2. The number of unbranched alkanes of at least 4 members (excludes halogenated alkanes) is 2. The van der Waals surface area contributed by atoms with Gasteiger partial charge in [0, 0.05) is 6.54 Å². The Balaban J connectivity index is 1.77. The third kappa shape index (κ3) is 6.25. The maximum atomic E-state index is 12.2. The minimum atomic E-state index is -0.0932. The van der Waals surface area contributed by atoms with Gasteiger partial charge in [0.15, 0.2) is 0 Å². The average Bonchev–Trinajstić information content (AvgIpc) is 2.95. The molecule has 5 nitrogen and oxygen atoms in total. The summed E-state index contributed by atoms with van der Waals surface area (Å²) in [4.78, 5) is 26.7. The molecule has 0 fully saturated rings. The molecule has 144 valence electrons. The Morgan fingerprint density at radius 3 is 2.42 bits per heavy atom. The van der Waals surface area contributed by atoms with Crippen LogP contribution in [0, 0.1) is 0 Å². The van der Waals surface area contributed by atoms with E-state index >= 15 is 0 Å². The van der Waals surface area contributed by atoms with Crippen molar-refractivity contribution in [1.82, 2.24) is 14.8 Å². The summed E-state index contributed by atoms with van der Waals surface area (Å²) in [5, 5.41) is 2.96. The first-order valence-corrected chi connectivity index (χ1v) is 10.5. The molecule has 0 aliphatic rings. The van der Waals surface area contributed by atoms with E-state index in [2.05, 4.69) is 24.1 Å². The molecule has 0 aliphatic heterocycles. The third-order valence-electron chi connectivity index (χ3n) is 4.50. The number of para-hydroxylation sites is 1. The maximum absolute atomic E-state index is 12.2. The standard InChI is InChI=1S/C20H31N3O2S/c1-3-5-13-22(14-6-4-2)15-9-12-21-19(24)16-23-17-10-7-8-11-18(17)26-20(23)25/h7-8,10-11H,3-6,9,12-16H2,1-2H3,(H,21,24). The molecule has 0 saturated heterocycles. The van der Waals surface area contributed by atoms with Gasteiger partial charge in [-0.05, 0) is 51.0 Å². The number of aromatic nitrogens is 1. The van der Waals surface area contributed by atoms with Crippen LogP contribution in [0.25, 0.3) is 10.2 Å². The fourth-order valence-corrected chi connectivity index (χ4v) is 3.88. The molecule has 0 unspecified atom stereocenters. The second-order valence-electron chi connectivity index (χ2n) is 6.67. The van der Waals surface area contributed by atoms with Crippen LogP contribution in [0.1, 0.15) is 46.0 Å². The monoisotopic (exact) mass is 377 g/mol. The van der Waals surface area contributed by atoms with Gasteiger partial charge in [-0.2, -0.15) is 0 Å². The van der Waals surface area contributed by atoms with Gasteiger partial charge in [-0.1, -0.05) is 50.2 Å². The highest BCUT2D eigenvalue weighted by Crippen LogP contribution is 2.16. The van der Waals surface area contributed by atoms with Crippen LogP contribution in [-0.4, -0.2) is 41.6 Å². The molecule has 0 atom stereocenters. The molecule has 1 N–H and O–H groups in total. The van der Waals surface area contributed by atoms with Crippen LogP contribution in [0.4, 0.5) is 0 Å². The molecule has 1 heterocycles. The Kier molecular flexibility index (Phi) is 8.85. The lowest BCUT2D eigenvalue weighted by Crippen LogP contribution is -2.34. The fraction of sp³-hybridized carbons (Fsp3) is 0.600. The Hall–Kier alpha value is -1.66. The Morgan fingerprint density at radius 2 is 1.73 bits per heavy atom. The average molecular weight is 378 g/mol. The van der Waals surface area contributed by atoms with Crippen LogP contribution in [0.2, 0.25) is 0 Å². The normalized spacial score (nSPS) is 11.3. The smallest absolute Gasteiger partial charge is 0.308 e. The summed E-state index contributed by atoms with van der Waals surface area (Å²) in [6.45, 7) is 8.48. The summed E-state index contributed by atoms with van der Waals surface area (Å²) in [6.07, 6.45) is 5.82. The van der Waals surface area contributed by atoms with E-state index in [9.17, 15) is 9.59 Å². The van der Waals surface area contributed by atoms with Gasteiger partial charge in [-0.3, -0.25) is 14.2 Å². The predicted octanol–water partition coefficient (Wildman–Crippen LogP) is 3.47. The van der Waals surface area contributed by atoms with Crippen LogP contribution in [0.15, 0.2) is 29.1 Å². The van der Waals surface area contributed by atoms with Crippen molar-refractivity contribution in [3.05, 3.63) is 33.9 Å². The second kappa shape index (κ2) is 11.1. The summed E-state index contributed by atoms with van der Waals surface area (Å²) < 4.78 is 2.48. The number of carbonyl (C=O) groups is 1. The van der Waals surface area contributed by atoms with E-state index in [1.165, 1.54) is 37.0 Å².